The van der Waals surface area contributed by atoms with E-state index in [9.17, 15) is 4.79 Å². The highest BCUT2D eigenvalue weighted by Crippen LogP contribution is 2.33. The molecule has 5 rings (SSSR count). The molecule has 3 aromatic rings. The van der Waals surface area contributed by atoms with Crippen LogP contribution in [0.25, 0.3) is 0 Å². The fourth-order valence-electron chi connectivity index (χ4n) is 5.00. The van der Waals surface area contributed by atoms with E-state index in [1.54, 1.807) is 6.20 Å². The highest BCUT2D eigenvalue weighted by molar-refractivity contribution is 5.95. The molecule has 4 heterocycles. The second-order valence-corrected chi connectivity index (χ2v) is 8.71. The first kappa shape index (κ1) is 20.0. The zero-order valence-corrected chi connectivity index (χ0v) is 18.3. The number of carbonyl (C=O) groups excluding carboxylic acids is 1. The summed E-state index contributed by atoms with van der Waals surface area (Å²) < 4.78 is 1.88. The number of nitrogens with one attached hydrogen (secondary N) is 1. The molecule has 31 heavy (non-hydrogen) atoms. The molecule has 7 nitrogen and oxygen atoms in total. The second-order valence-electron chi connectivity index (χ2n) is 8.71. The molecule has 2 aliphatic rings. The van der Waals surface area contributed by atoms with Crippen LogP contribution in [0.2, 0.25) is 0 Å². The van der Waals surface area contributed by atoms with Gasteiger partial charge in [-0.25, -0.2) is 0 Å². The van der Waals surface area contributed by atoms with Crippen molar-refractivity contribution >= 4 is 5.91 Å². The minimum absolute atomic E-state index is 0.0924. The number of amides is 1. The number of benzene rings is 1. The Balaban J connectivity index is 1.29. The molecule has 162 valence electrons. The number of aromatic amines is 1. The predicted octanol–water partition coefficient (Wildman–Crippen LogP) is 3.12. The molecule has 1 unspecified atom stereocenters. The molecule has 1 amide bonds. The molecule has 0 radical (unpaired) electrons. The van der Waals surface area contributed by atoms with Gasteiger partial charge in [-0.3, -0.25) is 19.5 Å². The van der Waals surface area contributed by atoms with Crippen LogP contribution in [0, 0.1) is 6.92 Å². The van der Waals surface area contributed by atoms with E-state index in [4.69, 9.17) is 5.10 Å². The fraction of sp³-hybridized carbons (Fsp3) is 0.458. The predicted molar refractivity (Wildman–Crippen MR) is 119 cm³/mol. The molecule has 7 heteroatoms. The zero-order chi connectivity index (χ0) is 21.4. The first-order chi connectivity index (χ1) is 15.1. The summed E-state index contributed by atoms with van der Waals surface area (Å²) in [7, 11) is 0. The Hall–Kier alpha value is -2.93. The van der Waals surface area contributed by atoms with Crippen LogP contribution in [0.1, 0.15) is 57.8 Å². The summed E-state index contributed by atoms with van der Waals surface area (Å²) in [5.74, 6) is 0.386. The molecule has 1 atom stereocenters. The molecule has 1 saturated heterocycles. The van der Waals surface area contributed by atoms with Crippen molar-refractivity contribution in [2.24, 2.45) is 0 Å². The number of likely N-dealkylation sites (tertiary alicyclic amines) is 1. The van der Waals surface area contributed by atoms with Crippen molar-refractivity contribution in [1.29, 1.82) is 0 Å². The van der Waals surface area contributed by atoms with E-state index in [-0.39, 0.29) is 5.91 Å². The van der Waals surface area contributed by atoms with E-state index in [1.165, 1.54) is 16.8 Å². The van der Waals surface area contributed by atoms with Crippen LogP contribution in [-0.4, -0.2) is 55.3 Å². The van der Waals surface area contributed by atoms with Crippen molar-refractivity contribution in [3.8, 4) is 0 Å². The number of carbonyl (C=O) groups is 1. The maximum Gasteiger partial charge on any atom is 0.257 e. The van der Waals surface area contributed by atoms with Crippen LogP contribution in [-0.2, 0) is 26.1 Å². The third-order valence-electron chi connectivity index (χ3n) is 6.79. The average Bonchev–Trinajstić information content (AvgIpc) is 3.51. The normalized spacial score (nSPS) is 19.0. The summed E-state index contributed by atoms with van der Waals surface area (Å²) in [6.45, 7) is 9.22. The number of hydrogen-bond acceptors (Lipinski definition) is 4. The lowest BCUT2D eigenvalue weighted by atomic mass is 9.96. The third kappa shape index (κ3) is 3.78. The number of fused-ring (bicyclic) bond motifs is 1. The number of rotatable bonds is 5. The monoisotopic (exact) mass is 418 g/mol. The molecule has 2 aliphatic heterocycles. The summed E-state index contributed by atoms with van der Waals surface area (Å²) in [5.41, 5.74) is 6.78. The Morgan fingerprint density at radius 1 is 1.23 bits per heavy atom. The van der Waals surface area contributed by atoms with Crippen LogP contribution in [0.5, 0.6) is 0 Å². The minimum Gasteiger partial charge on any atom is -0.338 e. The largest absolute Gasteiger partial charge is 0.338 e. The molecule has 0 aliphatic carbocycles. The Morgan fingerprint density at radius 3 is 2.84 bits per heavy atom. The van der Waals surface area contributed by atoms with Crippen molar-refractivity contribution in [2.45, 2.75) is 52.2 Å². The van der Waals surface area contributed by atoms with Gasteiger partial charge in [0.2, 0.25) is 0 Å². The van der Waals surface area contributed by atoms with Crippen molar-refractivity contribution in [2.75, 3.05) is 19.6 Å². The van der Waals surface area contributed by atoms with Gasteiger partial charge < -0.3 is 4.90 Å². The maximum atomic E-state index is 13.1. The molecule has 1 N–H and O–H groups in total. The molecule has 0 bridgehead atoms. The third-order valence-corrected chi connectivity index (χ3v) is 6.79. The summed E-state index contributed by atoms with van der Waals surface area (Å²) in [6, 6.07) is 10.6. The Kier molecular flexibility index (Phi) is 5.36. The SMILES string of the molecule is CCn1ncc(C(=O)N2CCC(c3n[nH]c4c3CN(Cc3ccccc3)CC4)C2)c1C. The zero-order valence-electron chi connectivity index (χ0n) is 18.3. The molecule has 1 fully saturated rings. The topological polar surface area (TPSA) is 70.0 Å². The standard InChI is InChI=1S/C24H30N6O/c1-3-30-17(2)20(13-25-30)24(31)29-12-9-19(15-29)23-21-16-28(11-10-22(21)26-27-23)14-18-7-5-4-6-8-18/h4-8,13,19H,3,9-12,14-16H2,1-2H3,(H,26,27). The molecule has 1 aromatic carbocycles. The molecule has 2 aromatic heterocycles. The van der Waals surface area contributed by atoms with Crippen molar-refractivity contribution < 1.29 is 4.79 Å². The smallest absolute Gasteiger partial charge is 0.257 e. The highest BCUT2D eigenvalue weighted by Gasteiger charge is 2.34. The van der Waals surface area contributed by atoms with Gasteiger partial charge >= 0.3 is 0 Å². The van der Waals surface area contributed by atoms with E-state index in [0.29, 0.717) is 5.92 Å². The summed E-state index contributed by atoms with van der Waals surface area (Å²) in [6.07, 6.45) is 3.68. The lowest BCUT2D eigenvalue weighted by Gasteiger charge is -2.27. The number of H-pyrrole nitrogens is 1. The Labute approximate surface area is 183 Å². The van der Waals surface area contributed by atoms with Gasteiger partial charge in [-0.2, -0.15) is 10.2 Å². The van der Waals surface area contributed by atoms with Gasteiger partial charge in [0.1, 0.15) is 0 Å². The summed E-state index contributed by atoms with van der Waals surface area (Å²) in [5, 5.41) is 12.3. The number of aromatic nitrogens is 4. The van der Waals surface area contributed by atoms with E-state index in [0.717, 1.165) is 69.1 Å². The van der Waals surface area contributed by atoms with E-state index in [2.05, 4.69) is 45.4 Å². The molecular weight excluding hydrogens is 388 g/mol. The molecule has 0 saturated carbocycles. The number of hydrogen-bond donors (Lipinski definition) is 1. The lowest BCUT2D eigenvalue weighted by molar-refractivity contribution is 0.0789. The van der Waals surface area contributed by atoms with Crippen LogP contribution in [0.3, 0.4) is 0 Å². The summed E-state index contributed by atoms with van der Waals surface area (Å²) >= 11 is 0. The Morgan fingerprint density at radius 2 is 2.06 bits per heavy atom. The highest BCUT2D eigenvalue weighted by atomic mass is 16.2. The van der Waals surface area contributed by atoms with Gasteiger partial charge in [0.25, 0.3) is 5.91 Å². The van der Waals surface area contributed by atoms with Gasteiger partial charge in [-0.1, -0.05) is 30.3 Å². The van der Waals surface area contributed by atoms with Gasteiger partial charge in [-0.15, -0.1) is 0 Å². The maximum absolute atomic E-state index is 13.1. The van der Waals surface area contributed by atoms with E-state index in [1.807, 2.05) is 23.4 Å². The van der Waals surface area contributed by atoms with Gasteiger partial charge in [-0.05, 0) is 25.8 Å². The van der Waals surface area contributed by atoms with Crippen LogP contribution >= 0.6 is 0 Å². The quantitative estimate of drug-likeness (QED) is 0.691. The van der Waals surface area contributed by atoms with Crippen molar-refractivity contribution in [3.05, 3.63) is 70.3 Å². The van der Waals surface area contributed by atoms with Crippen LogP contribution < -0.4 is 0 Å². The van der Waals surface area contributed by atoms with Crippen molar-refractivity contribution in [1.82, 2.24) is 29.8 Å². The van der Waals surface area contributed by atoms with Crippen molar-refractivity contribution in [3.63, 3.8) is 0 Å². The lowest BCUT2D eigenvalue weighted by Crippen LogP contribution is -2.31. The molecular formula is C24H30N6O. The van der Waals surface area contributed by atoms with Gasteiger partial charge in [0, 0.05) is 68.6 Å². The van der Waals surface area contributed by atoms with E-state index < -0.39 is 0 Å². The first-order valence-corrected chi connectivity index (χ1v) is 11.3. The number of nitrogens with zero attached hydrogens (tertiary/aromatic N) is 5. The second kappa shape index (κ2) is 8.30. The fourth-order valence-corrected chi connectivity index (χ4v) is 5.00. The van der Waals surface area contributed by atoms with Crippen LogP contribution in [0.15, 0.2) is 36.5 Å². The first-order valence-electron chi connectivity index (χ1n) is 11.3. The number of aryl methyl sites for hydroxylation is 1. The van der Waals surface area contributed by atoms with Gasteiger partial charge in [0.15, 0.2) is 0 Å². The molecule has 0 spiro atoms. The average molecular weight is 419 g/mol. The Bertz CT molecular complexity index is 1070. The van der Waals surface area contributed by atoms with Crippen LogP contribution in [0.4, 0.5) is 0 Å². The summed E-state index contributed by atoms with van der Waals surface area (Å²) in [4.78, 5) is 17.6. The van der Waals surface area contributed by atoms with E-state index >= 15 is 0 Å². The van der Waals surface area contributed by atoms with Gasteiger partial charge in [0.05, 0.1) is 17.5 Å². The minimum atomic E-state index is 0.0924.